The first kappa shape index (κ1) is 22.2. The van der Waals surface area contributed by atoms with Gasteiger partial charge in [-0.2, -0.15) is 0 Å². The number of sulfone groups is 1. The van der Waals surface area contributed by atoms with E-state index < -0.39 is 64.9 Å². The van der Waals surface area contributed by atoms with Crippen LogP contribution >= 0.6 is 0 Å². The maximum Gasteiger partial charge on any atom is 0.344 e. The van der Waals surface area contributed by atoms with Gasteiger partial charge in [0.25, 0.3) is 0 Å². The lowest BCUT2D eigenvalue weighted by Crippen LogP contribution is -2.36. The molecule has 1 aromatic carbocycles. The predicted molar refractivity (Wildman–Crippen MR) is 88.4 cm³/mol. The quantitative estimate of drug-likeness (QED) is 0.513. The Morgan fingerprint density at radius 1 is 1.15 bits per heavy atom. The topological polar surface area (TPSA) is 107 Å². The third-order valence-corrected chi connectivity index (χ3v) is 8.65. The maximum absolute atomic E-state index is 14.3. The minimum atomic E-state index is -4.73. The molecule has 0 aliphatic rings. The molecule has 0 saturated heterocycles. The molecule has 0 radical (unpaired) electrons. The monoisotopic (exact) mass is 417 g/mol. The summed E-state index contributed by atoms with van der Waals surface area (Å²) in [5.41, 5.74) is -2.54. The standard InChI is InChI=1S/C14H18F3NO6S2/c1-4-6-25(20,21)10(5-2)26(22,23)18-9-7-8(15)12(16)11(13(9)17)14(19)24-3/h7,10,18H,4-6H2,1-3H3. The largest absolute Gasteiger partial charge is 0.465 e. The number of sulfonamides is 1. The first-order chi connectivity index (χ1) is 11.9. The number of anilines is 1. The zero-order valence-electron chi connectivity index (χ0n) is 14.2. The molecular weight excluding hydrogens is 399 g/mol. The Morgan fingerprint density at radius 3 is 2.19 bits per heavy atom. The number of esters is 1. The highest BCUT2D eigenvalue weighted by Gasteiger charge is 2.37. The van der Waals surface area contributed by atoms with Crippen molar-refractivity contribution in [3.63, 3.8) is 0 Å². The molecule has 1 N–H and O–H groups in total. The van der Waals surface area contributed by atoms with E-state index in [9.17, 15) is 34.8 Å². The van der Waals surface area contributed by atoms with E-state index >= 15 is 0 Å². The summed E-state index contributed by atoms with van der Waals surface area (Å²) in [7, 11) is -8.03. The van der Waals surface area contributed by atoms with E-state index in [1.165, 1.54) is 13.8 Å². The van der Waals surface area contributed by atoms with E-state index in [4.69, 9.17) is 0 Å². The van der Waals surface area contributed by atoms with Crippen LogP contribution in [0.1, 0.15) is 37.0 Å². The minimum Gasteiger partial charge on any atom is -0.465 e. The Bertz CT molecular complexity index is 900. The molecule has 0 heterocycles. The highest BCUT2D eigenvalue weighted by atomic mass is 32.3. The van der Waals surface area contributed by atoms with Gasteiger partial charge < -0.3 is 4.74 Å². The summed E-state index contributed by atoms with van der Waals surface area (Å²) in [5, 5.41) is 0. The molecule has 0 bridgehead atoms. The van der Waals surface area contributed by atoms with Crippen molar-refractivity contribution in [3.05, 3.63) is 29.1 Å². The average molecular weight is 417 g/mol. The Morgan fingerprint density at radius 2 is 1.73 bits per heavy atom. The third kappa shape index (κ3) is 4.47. The molecule has 1 aromatic rings. The Kier molecular flexibility index (Phi) is 7.05. The van der Waals surface area contributed by atoms with Gasteiger partial charge in [-0.3, -0.25) is 4.72 Å². The summed E-state index contributed by atoms with van der Waals surface area (Å²) in [6, 6.07) is 0.174. The molecular formula is C14H18F3NO6S2. The van der Waals surface area contributed by atoms with Gasteiger partial charge in [-0.1, -0.05) is 13.8 Å². The van der Waals surface area contributed by atoms with E-state index in [0.717, 1.165) is 7.11 Å². The summed E-state index contributed by atoms with van der Waals surface area (Å²) in [5.74, 6) is -7.29. The van der Waals surface area contributed by atoms with E-state index in [1.54, 1.807) is 4.72 Å². The second-order valence-electron chi connectivity index (χ2n) is 5.25. The number of rotatable bonds is 8. The molecule has 0 aliphatic heterocycles. The van der Waals surface area contributed by atoms with E-state index in [-0.39, 0.29) is 18.9 Å². The zero-order chi connectivity index (χ0) is 20.3. The average Bonchev–Trinajstić information content (AvgIpc) is 2.52. The molecule has 0 aliphatic carbocycles. The molecule has 7 nitrogen and oxygen atoms in total. The summed E-state index contributed by atoms with van der Waals surface area (Å²) in [6.07, 6.45) is -0.201. The number of halogens is 3. The number of benzene rings is 1. The van der Waals surface area contributed by atoms with Crippen molar-refractivity contribution in [3.8, 4) is 0 Å². The maximum atomic E-state index is 14.3. The summed E-state index contributed by atoms with van der Waals surface area (Å²) < 4.78 is 94.3. The minimum absolute atomic E-state index is 0.153. The van der Waals surface area contributed by atoms with Crippen LogP contribution in [0, 0.1) is 17.5 Å². The van der Waals surface area contributed by atoms with Gasteiger partial charge in [-0.15, -0.1) is 0 Å². The highest BCUT2D eigenvalue weighted by Crippen LogP contribution is 2.27. The first-order valence-corrected chi connectivity index (χ1v) is 10.7. The van der Waals surface area contributed by atoms with Gasteiger partial charge in [-0.25, -0.2) is 34.8 Å². The van der Waals surface area contributed by atoms with Crippen LogP contribution in [0.5, 0.6) is 0 Å². The lowest BCUT2D eigenvalue weighted by molar-refractivity contribution is 0.0588. The van der Waals surface area contributed by atoms with Crippen LogP contribution in [-0.2, 0) is 24.6 Å². The molecule has 12 heteroatoms. The number of hydrogen-bond donors (Lipinski definition) is 1. The fourth-order valence-corrected chi connectivity index (χ4v) is 6.60. The predicted octanol–water partition coefficient (Wildman–Crippen LogP) is 2.19. The fraction of sp³-hybridized carbons (Fsp3) is 0.500. The van der Waals surface area contributed by atoms with Crippen molar-refractivity contribution in [2.45, 2.75) is 31.3 Å². The van der Waals surface area contributed by atoms with Crippen molar-refractivity contribution in [1.29, 1.82) is 0 Å². The molecule has 0 aromatic heterocycles. The van der Waals surface area contributed by atoms with Gasteiger partial charge in [0.2, 0.25) is 10.0 Å². The van der Waals surface area contributed by atoms with E-state index in [0.29, 0.717) is 0 Å². The normalized spacial score (nSPS) is 13.3. The van der Waals surface area contributed by atoms with Crippen molar-refractivity contribution in [1.82, 2.24) is 0 Å². The Balaban J connectivity index is 3.46. The van der Waals surface area contributed by atoms with E-state index in [1.807, 2.05) is 0 Å². The van der Waals surface area contributed by atoms with Crippen LogP contribution in [0.25, 0.3) is 0 Å². The van der Waals surface area contributed by atoms with Crippen LogP contribution in [0.4, 0.5) is 18.9 Å². The first-order valence-electron chi connectivity index (χ1n) is 7.41. The number of methoxy groups -OCH3 is 1. The van der Waals surface area contributed by atoms with Crippen molar-refractivity contribution in [2.24, 2.45) is 0 Å². The second-order valence-corrected chi connectivity index (χ2v) is 9.72. The lowest BCUT2D eigenvalue weighted by Gasteiger charge is -2.18. The molecule has 148 valence electrons. The molecule has 0 saturated carbocycles. The van der Waals surface area contributed by atoms with Crippen LogP contribution < -0.4 is 4.72 Å². The van der Waals surface area contributed by atoms with Crippen LogP contribution in [-0.4, -0.2) is 40.2 Å². The van der Waals surface area contributed by atoms with Crippen molar-refractivity contribution in [2.75, 3.05) is 17.6 Å². The molecule has 0 fully saturated rings. The SMILES string of the molecule is CCCS(=O)(=O)C(CC)S(=O)(=O)Nc1cc(F)c(F)c(C(=O)OC)c1F. The molecule has 1 unspecified atom stereocenters. The number of ether oxygens (including phenoxy) is 1. The van der Waals surface area contributed by atoms with E-state index in [2.05, 4.69) is 4.74 Å². The number of carbonyl (C=O) groups is 1. The summed E-state index contributed by atoms with van der Waals surface area (Å²) in [6.45, 7) is 2.82. The third-order valence-electron chi connectivity index (χ3n) is 3.37. The Labute approximate surface area is 149 Å². The smallest absolute Gasteiger partial charge is 0.344 e. The Hall–Kier alpha value is -1.82. The zero-order valence-corrected chi connectivity index (χ0v) is 15.8. The molecule has 1 rings (SSSR count). The lowest BCUT2D eigenvalue weighted by atomic mass is 10.1. The molecule has 0 spiro atoms. The summed E-state index contributed by atoms with van der Waals surface area (Å²) in [4.78, 5) is 11.4. The van der Waals surface area contributed by atoms with Gasteiger partial charge in [0, 0.05) is 6.07 Å². The van der Waals surface area contributed by atoms with Crippen molar-refractivity contribution >= 4 is 31.5 Å². The van der Waals surface area contributed by atoms with Crippen LogP contribution in [0.3, 0.4) is 0 Å². The van der Waals surface area contributed by atoms with Crippen molar-refractivity contribution < 1.29 is 39.5 Å². The van der Waals surface area contributed by atoms with Crippen LogP contribution in [0.2, 0.25) is 0 Å². The fourth-order valence-electron chi connectivity index (χ4n) is 2.26. The highest BCUT2D eigenvalue weighted by molar-refractivity contribution is 8.09. The number of nitrogens with one attached hydrogen (secondary N) is 1. The molecule has 26 heavy (non-hydrogen) atoms. The number of hydrogen-bond acceptors (Lipinski definition) is 6. The van der Waals surface area contributed by atoms with Gasteiger partial charge >= 0.3 is 5.97 Å². The second kappa shape index (κ2) is 8.25. The van der Waals surface area contributed by atoms with Gasteiger partial charge in [-0.05, 0) is 12.8 Å². The summed E-state index contributed by atoms with van der Waals surface area (Å²) >= 11 is 0. The van der Waals surface area contributed by atoms with Gasteiger partial charge in [0.1, 0.15) is 5.56 Å². The van der Waals surface area contributed by atoms with Gasteiger partial charge in [0.15, 0.2) is 31.9 Å². The molecule has 0 amide bonds. The number of carbonyl (C=O) groups excluding carboxylic acids is 1. The van der Waals surface area contributed by atoms with Crippen LogP contribution in [0.15, 0.2) is 6.07 Å². The molecule has 1 atom stereocenters. The van der Waals surface area contributed by atoms with Gasteiger partial charge in [0.05, 0.1) is 18.6 Å².